The van der Waals surface area contributed by atoms with Crippen molar-refractivity contribution in [2.45, 2.75) is 0 Å². The minimum atomic E-state index is -0.748. The number of anilines is 1. The van der Waals surface area contributed by atoms with Gasteiger partial charge in [-0.1, -0.05) is 11.8 Å². The SMILES string of the molecule is C=C(NNC(=O)c1nnn(-c2nonc2N)c1-c1ccc([N+](=O)[O-])cc1)c1ccc([N+](=O)[O-])cc1. The van der Waals surface area contributed by atoms with Gasteiger partial charge in [0.2, 0.25) is 11.6 Å². The number of nitro groups is 2. The van der Waals surface area contributed by atoms with Crippen LogP contribution in [0.1, 0.15) is 16.1 Å². The Morgan fingerprint density at radius 1 is 0.971 bits per heavy atom. The van der Waals surface area contributed by atoms with Crippen molar-refractivity contribution in [3.05, 3.63) is 86.6 Å². The zero-order valence-corrected chi connectivity index (χ0v) is 17.5. The third-order valence-corrected chi connectivity index (χ3v) is 4.69. The second kappa shape index (κ2) is 9.06. The van der Waals surface area contributed by atoms with E-state index in [0.29, 0.717) is 11.1 Å². The van der Waals surface area contributed by atoms with Crippen molar-refractivity contribution < 1.29 is 19.3 Å². The molecule has 1 amide bonds. The first-order chi connectivity index (χ1) is 16.8. The lowest BCUT2D eigenvalue weighted by molar-refractivity contribution is -0.385. The Morgan fingerprint density at radius 3 is 2.11 bits per heavy atom. The largest absolute Gasteiger partial charge is 0.378 e. The molecule has 16 heteroatoms. The van der Waals surface area contributed by atoms with Gasteiger partial charge in [0.25, 0.3) is 17.3 Å². The molecular formula is C19H14N10O6. The number of nitrogens with zero attached hydrogens (tertiary/aromatic N) is 7. The zero-order chi connectivity index (χ0) is 25.1. The summed E-state index contributed by atoms with van der Waals surface area (Å²) in [6.45, 7) is 3.78. The van der Waals surface area contributed by atoms with Crippen LogP contribution in [0.15, 0.2) is 59.7 Å². The van der Waals surface area contributed by atoms with E-state index in [0.717, 1.165) is 4.68 Å². The van der Waals surface area contributed by atoms with Crippen LogP contribution in [-0.4, -0.2) is 41.1 Å². The molecule has 0 radical (unpaired) electrons. The number of hydrogen-bond acceptors (Lipinski definition) is 12. The minimum absolute atomic E-state index is 0.0480. The first-order valence-electron chi connectivity index (χ1n) is 9.55. The van der Waals surface area contributed by atoms with Crippen molar-refractivity contribution in [2.75, 3.05) is 5.73 Å². The van der Waals surface area contributed by atoms with Gasteiger partial charge >= 0.3 is 0 Å². The first kappa shape index (κ1) is 22.5. The number of hydrazine groups is 1. The van der Waals surface area contributed by atoms with E-state index in [1.807, 2.05) is 0 Å². The molecule has 0 aliphatic rings. The first-order valence-corrected chi connectivity index (χ1v) is 9.55. The molecule has 2 aromatic carbocycles. The summed E-state index contributed by atoms with van der Waals surface area (Å²) in [5, 5.41) is 36.7. The molecule has 0 unspecified atom stereocenters. The Kier molecular flexibility index (Phi) is 5.83. The van der Waals surface area contributed by atoms with E-state index in [2.05, 4.69) is 42.7 Å². The van der Waals surface area contributed by atoms with Crippen LogP contribution >= 0.6 is 0 Å². The summed E-state index contributed by atoms with van der Waals surface area (Å²) in [7, 11) is 0. The van der Waals surface area contributed by atoms with Crippen molar-refractivity contribution in [3.63, 3.8) is 0 Å². The van der Waals surface area contributed by atoms with Crippen molar-refractivity contribution in [3.8, 4) is 17.1 Å². The quantitative estimate of drug-likeness (QED) is 0.243. The topological polar surface area (TPSA) is 223 Å². The van der Waals surface area contributed by atoms with E-state index in [1.54, 1.807) is 0 Å². The summed E-state index contributed by atoms with van der Waals surface area (Å²) in [5.41, 5.74) is 11.5. The van der Waals surface area contributed by atoms with Crippen LogP contribution < -0.4 is 16.6 Å². The molecule has 0 atom stereocenters. The molecule has 2 heterocycles. The average molecular weight is 478 g/mol. The number of nitrogens with one attached hydrogen (secondary N) is 2. The fraction of sp³-hybridized carbons (Fsp3) is 0. The van der Waals surface area contributed by atoms with Gasteiger partial charge in [-0.05, 0) is 40.1 Å². The molecule has 4 N–H and O–H groups in total. The van der Waals surface area contributed by atoms with E-state index in [9.17, 15) is 25.0 Å². The Balaban J connectivity index is 1.62. The van der Waals surface area contributed by atoms with Crippen LogP contribution in [0.25, 0.3) is 22.8 Å². The van der Waals surface area contributed by atoms with Crippen molar-refractivity contribution in [1.29, 1.82) is 0 Å². The van der Waals surface area contributed by atoms with Crippen LogP contribution in [-0.2, 0) is 0 Å². The Morgan fingerprint density at radius 2 is 1.57 bits per heavy atom. The monoisotopic (exact) mass is 478 g/mol. The minimum Gasteiger partial charge on any atom is -0.378 e. The third-order valence-electron chi connectivity index (χ3n) is 4.69. The van der Waals surface area contributed by atoms with Crippen LogP contribution in [0.2, 0.25) is 0 Å². The zero-order valence-electron chi connectivity index (χ0n) is 17.5. The van der Waals surface area contributed by atoms with E-state index < -0.39 is 15.8 Å². The number of nitro benzene ring substituents is 2. The maximum Gasteiger partial charge on any atom is 0.292 e. The predicted molar refractivity (Wildman–Crippen MR) is 118 cm³/mol. The highest BCUT2D eigenvalue weighted by atomic mass is 16.6. The van der Waals surface area contributed by atoms with Gasteiger partial charge in [-0.15, -0.1) is 5.10 Å². The predicted octanol–water partition coefficient (Wildman–Crippen LogP) is 1.62. The number of carbonyl (C=O) groups is 1. The molecule has 0 aliphatic carbocycles. The number of aromatic nitrogens is 5. The molecule has 0 bridgehead atoms. The van der Waals surface area contributed by atoms with Gasteiger partial charge < -0.3 is 5.73 Å². The number of amides is 1. The molecule has 0 saturated carbocycles. The molecule has 16 nitrogen and oxygen atoms in total. The maximum absolute atomic E-state index is 12.9. The highest BCUT2D eigenvalue weighted by Gasteiger charge is 2.25. The summed E-state index contributed by atoms with van der Waals surface area (Å²) in [5.74, 6) is -0.925. The number of nitrogen functional groups attached to an aromatic ring is 1. The molecule has 4 aromatic rings. The van der Waals surface area contributed by atoms with Crippen molar-refractivity contribution >= 4 is 28.8 Å². The Labute approximate surface area is 194 Å². The van der Waals surface area contributed by atoms with E-state index in [1.165, 1.54) is 48.5 Å². The van der Waals surface area contributed by atoms with Gasteiger partial charge in [0.1, 0.15) is 5.69 Å². The summed E-state index contributed by atoms with van der Waals surface area (Å²) >= 11 is 0. The smallest absolute Gasteiger partial charge is 0.292 e. The number of carbonyl (C=O) groups excluding carboxylic acids is 1. The van der Waals surface area contributed by atoms with Gasteiger partial charge in [-0.3, -0.25) is 35.9 Å². The second-order valence-electron chi connectivity index (χ2n) is 6.84. The summed E-state index contributed by atoms with van der Waals surface area (Å²) in [6.07, 6.45) is 0. The average Bonchev–Trinajstić information content (AvgIpc) is 3.48. The number of nitrogens with two attached hydrogens (primary N) is 1. The highest BCUT2D eigenvalue weighted by Crippen LogP contribution is 2.28. The highest BCUT2D eigenvalue weighted by molar-refractivity contribution is 5.98. The van der Waals surface area contributed by atoms with E-state index in [4.69, 9.17) is 5.73 Å². The number of non-ortho nitro benzene ring substituents is 2. The lowest BCUT2D eigenvalue weighted by atomic mass is 10.1. The summed E-state index contributed by atoms with van der Waals surface area (Å²) < 4.78 is 5.70. The number of hydrogen-bond donors (Lipinski definition) is 3. The molecule has 0 fully saturated rings. The van der Waals surface area contributed by atoms with Gasteiger partial charge in [-0.25, -0.2) is 4.63 Å². The van der Waals surface area contributed by atoms with Crippen LogP contribution in [0, 0.1) is 20.2 Å². The fourth-order valence-electron chi connectivity index (χ4n) is 2.97. The van der Waals surface area contributed by atoms with E-state index >= 15 is 0 Å². The Hall–Kier alpha value is -5.67. The lowest BCUT2D eigenvalue weighted by Crippen LogP contribution is -2.36. The summed E-state index contributed by atoms with van der Waals surface area (Å²) in [4.78, 5) is 33.6. The number of rotatable bonds is 8. The van der Waals surface area contributed by atoms with Gasteiger partial charge in [0.15, 0.2) is 5.69 Å². The van der Waals surface area contributed by atoms with Crippen molar-refractivity contribution in [1.82, 2.24) is 36.2 Å². The van der Waals surface area contributed by atoms with Crippen molar-refractivity contribution in [2.24, 2.45) is 0 Å². The maximum atomic E-state index is 12.9. The van der Waals surface area contributed by atoms with Gasteiger partial charge in [0, 0.05) is 29.8 Å². The lowest BCUT2D eigenvalue weighted by Gasteiger charge is -2.11. The van der Waals surface area contributed by atoms with E-state index in [-0.39, 0.29) is 40.1 Å². The van der Waals surface area contributed by atoms with Crippen LogP contribution in [0.3, 0.4) is 0 Å². The van der Waals surface area contributed by atoms with Crippen LogP contribution in [0.4, 0.5) is 17.2 Å². The standard InChI is InChI=1S/C19H14N10O6/c1-10(11-2-6-13(7-3-11)28(31)32)21-23-19(30)15-16(12-4-8-14(9-5-12)29(33)34)27(26-22-15)18-17(20)24-35-25-18/h2-9,21H,1H2,(H2,20,24)(H,23,30). The second-order valence-corrected chi connectivity index (χ2v) is 6.84. The summed E-state index contributed by atoms with van der Waals surface area (Å²) in [6, 6.07) is 10.8. The Bertz CT molecular complexity index is 1440. The van der Waals surface area contributed by atoms with Crippen LogP contribution in [0.5, 0.6) is 0 Å². The normalized spacial score (nSPS) is 10.5. The fourth-order valence-corrected chi connectivity index (χ4v) is 2.97. The molecule has 0 spiro atoms. The molecule has 0 aliphatic heterocycles. The molecule has 176 valence electrons. The third kappa shape index (κ3) is 4.46. The van der Waals surface area contributed by atoms with Gasteiger partial charge in [-0.2, -0.15) is 4.68 Å². The molecular weight excluding hydrogens is 464 g/mol. The van der Waals surface area contributed by atoms with Gasteiger partial charge in [0.05, 0.1) is 15.5 Å². The molecule has 2 aromatic heterocycles. The molecule has 35 heavy (non-hydrogen) atoms. The molecule has 4 rings (SSSR count). The number of benzene rings is 2. The molecule has 0 saturated heterocycles.